The molecule has 0 amide bonds. The molecule has 1 unspecified atom stereocenters. The predicted octanol–water partition coefficient (Wildman–Crippen LogP) is 3.35. The van der Waals surface area contributed by atoms with E-state index in [-0.39, 0.29) is 0 Å². The van der Waals surface area contributed by atoms with Gasteiger partial charge in [-0.05, 0) is 11.5 Å². The summed E-state index contributed by atoms with van der Waals surface area (Å²) >= 11 is 5.76. The molecule has 0 bridgehead atoms. The fourth-order valence-electron chi connectivity index (χ4n) is 1.58. The second kappa shape index (κ2) is 5.64. The Kier molecular flexibility index (Phi) is 3.94. The molecule has 1 heterocycles. The molecule has 0 saturated heterocycles. The zero-order chi connectivity index (χ0) is 12.1. The van der Waals surface area contributed by atoms with E-state index in [2.05, 4.69) is 34.3 Å². The van der Waals surface area contributed by atoms with Crippen molar-refractivity contribution in [2.75, 3.05) is 11.9 Å². The molecule has 1 N–H and O–H groups in total. The van der Waals surface area contributed by atoms with E-state index in [0.29, 0.717) is 16.9 Å². The molecule has 17 heavy (non-hydrogen) atoms. The number of aromatic nitrogens is 2. The van der Waals surface area contributed by atoms with Gasteiger partial charge in [0.1, 0.15) is 11.0 Å². The molecule has 1 aromatic carbocycles. The Bertz CT molecular complexity index is 473. The van der Waals surface area contributed by atoms with E-state index in [9.17, 15) is 0 Å². The van der Waals surface area contributed by atoms with Gasteiger partial charge in [-0.3, -0.25) is 4.98 Å². The Labute approximate surface area is 106 Å². The van der Waals surface area contributed by atoms with Gasteiger partial charge in [-0.25, -0.2) is 4.98 Å². The minimum Gasteiger partial charge on any atom is -0.368 e. The average Bonchev–Trinajstić information content (AvgIpc) is 2.37. The monoisotopic (exact) mass is 247 g/mol. The van der Waals surface area contributed by atoms with Crippen molar-refractivity contribution in [3.05, 3.63) is 53.4 Å². The van der Waals surface area contributed by atoms with Gasteiger partial charge >= 0.3 is 0 Å². The van der Waals surface area contributed by atoms with Crippen LogP contribution < -0.4 is 5.32 Å². The van der Waals surface area contributed by atoms with Gasteiger partial charge in [0.05, 0.1) is 12.4 Å². The third-order valence-electron chi connectivity index (χ3n) is 2.56. The van der Waals surface area contributed by atoms with Crippen LogP contribution in [-0.2, 0) is 0 Å². The van der Waals surface area contributed by atoms with Crippen molar-refractivity contribution < 1.29 is 0 Å². The molecular formula is C13H14ClN3. The number of benzene rings is 1. The van der Waals surface area contributed by atoms with Gasteiger partial charge in [0, 0.05) is 6.54 Å². The van der Waals surface area contributed by atoms with Gasteiger partial charge < -0.3 is 5.32 Å². The summed E-state index contributed by atoms with van der Waals surface area (Å²) in [5.41, 5.74) is 1.30. The lowest BCUT2D eigenvalue weighted by atomic mass is 10.0. The summed E-state index contributed by atoms with van der Waals surface area (Å²) in [4.78, 5) is 8.11. The third kappa shape index (κ3) is 3.43. The van der Waals surface area contributed by atoms with Crippen LogP contribution in [-0.4, -0.2) is 16.5 Å². The largest absolute Gasteiger partial charge is 0.368 e. The van der Waals surface area contributed by atoms with Crippen molar-refractivity contribution in [1.82, 2.24) is 9.97 Å². The maximum Gasteiger partial charge on any atom is 0.149 e. The summed E-state index contributed by atoms with van der Waals surface area (Å²) in [5, 5.41) is 3.63. The second-order valence-electron chi connectivity index (χ2n) is 3.92. The van der Waals surface area contributed by atoms with E-state index in [0.717, 1.165) is 6.54 Å². The zero-order valence-corrected chi connectivity index (χ0v) is 10.4. The fraction of sp³-hybridized carbons (Fsp3) is 0.231. The Morgan fingerprint density at radius 3 is 2.71 bits per heavy atom. The molecule has 1 aromatic heterocycles. The second-order valence-corrected chi connectivity index (χ2v) is 4.31. The number of halogens is 1. The molecule has 1 atom stereocenters. The van der Waals surface area contributed by atoms with Crippen molar-refractivity contribution in [2.24, 2.45) is 0 Å². The molecule has 0 radical (unpaired) electrons. The van der Waals surface area contributed by atoms with Crippen LogP contribution in [0.1, 0.15) is 18.4 Å². The molecule has 4 heteroatoms. The number of nitrogens with one attached hydrogen (secondary N) is 1. The minimum atomic E-state index is 0.405. The first-order valence-electron chi connectivity index (χ1n) is 5.52. The van der Waals surface area contributed by atoms with Gasteiger partial charge in [0.15, 0.2) is 0 Å². The van der Waals surface area contributed by atoms with Gasteiger partial charge in [-0.2, -0.15) is 0 Å². The van der Waals surface area contributed by atoms with E-state index in [4.69, 9.17) is 11.6 Å². The normalized spacial score (nSPS) is 12.1. The predicted molar refractivity (Wildman–Crippen MR) is 70.4 cm³/mol. The Hall–Kier alpha value is -1.61. The van der Waals surface area contributed by atoms with Crippen LogP contribution in [0.5, 0.6) is 0 Å². The zero-order valence-electron chi connectivity index (χ0n) is 9.60. The molecule has 0 saturated carbocycles. The number of hydrogen-bond donors (Lipinski definition) is 1. The number of anilines is 1. The van der Waals surface area contributed by atoms with Crippen molar-refractivity contribution in [2.45, 2.75) is 12.8 Å². The first kappa shape index (κ1) is 11.9. The van der Waals surface area contributed by atoms with Crippen LogP contribution in [0.3, 0.4) is 0 Å². The fourth-order valence-corrected chi connectivity index (χ4v) is 1.73. The summed E-state index contributed by atoms with van der Waals surface area (Å²) in [6.45, 7) is 2.97. The maximum absolute atomic E-state index is 5.76. The average molecular weight is 248 g/mol. The van der Waals surface area contributed by atoms with Gasteiger partial charge in [0.2, 0.25) is 0 Å². The number of nitrogens with zero attached hydrogens (tertiary/aromatic N) is 2. The van der Waals surface area contributed by atoms with E-state index < -0.39 is 0 Å². The minimum absolute atomic E-state index is 0.405. The van der Waals surface area contributed by atoms with Crippen LogP contribution >= 0.6 is 11.6 Å². The van der Waals surface area contributed by atoms with Crippen LogP contribution in [0.15, 0.2) is 42.7 Å². The quantitative estimate of drug-likeness (QED) is 0.901. The number of hydrogen-bond acceptors (Lipinski definition) is 3. The van der Waals surface area contributed by atoms with Crippen molar-refractivity contribution in [1.29, 1.82) is 0 Å². The molecule has 2 rings (SSSR count). The molecule has 3 nitrogen and oxygen atoms in total. The summed E-state index contributed by atoms with van der Waals surface area (Å²) in [7, 11) is 0. The summed E-state index contributed by atoms with van der Waals surface area (Å²) in [6, 6.07) is 10.4. The molecular weight excluding hydrogens is 234 g/mol. The maximum atomic E-state index is 5.76. The van der Waals surface area contributed by atoms with Crippen LogP contribution in [0.2, 0.25) is 5.15 Å². The lowest BCUT2D eigenvalue weighted by molar-refractivity contribution is 0.800. The van der Waals surface area contributed by atoms with E-state index >= 15 is 0 Å². The van der Waals surface area contributed by atoms with Gasteiger partial charge in [-0.15, -0.1) is 0 Å². The molecule has 2 aromatic rings. The summed E-state index contributed by atoms with van der Waals surface area (Å²) < 4.78 is 0. The molecule has 0 spiro atoms. The van der Waals surface area contributed by atoms with E-state index in [1.807, 2.05) is 18.2 Å². The first-order valence-corrected chi connectivity index (χ1v) is 5.90. The smallest absolute Gasteiger partial charge is 0.149 e. The Morgan fingerprint density at radius 1 is 1.24 bits per heavy atom. The van der Waals surface area contributed by atoms with Crippen molar-refractivity contribution in [3.63, 3.8) is 0 Å². The molecule has 0 aliphatic heterocycles. The highest BCUT2D eigenvalue weighted by molar-refractivity contribution is 6.29. The summed E-state index contributed by atoms with van der Waals surface area (Å²) in [6.07, 6.45) is 3.19. The topological polar surface area (TPSA) is 37.8 Å². The Morgan fingerprint density at radius 2 is 2.00 bits per heavy atom. The van der Waals surface area contributed by atoms with Gasteiger partial charge in [0.25, 0.3) is 0 Å². The highest BCUT2D eigenvalue weighted by Gasteiger charge is 2.05. The molecule has 0 fully saturated rings. The highest BCUT2D eigenvalue weighted by Crippen LogP contribution is 2.15. The molecule has 0 aliphatic carbocycles. The van der Waals surface area contributed by atoms with Crippen LogP contribution in [0.25, 0.3) is 0 Å². The SMILES string of the molecule is CC(CNc1cncc(Cl)n1)c1ccccc1. The number of rotatable bonds is 4. The van der Waals surface area contributed by atoms with E-state index in [1.54, 1.807) is 6.20 Å². The van der Waals surface area contributed by atoms with Crippen LogP contribution in [0, 0.1) is 0 Å². The van der Waals surface area contributed by atoms with Crippen molar-refractivity contribution >= 4 is 17.4 Å². The Balaban J connectivity index is 1.95. The first-order chi connectivity index (χ1) is 8.25. The van der Waals surface area contributed by atoms with Gasteiger partial charge in [-0.1, -0.05) is 48.9 Å². The summed E-state index contributed by atoms with van der Waals surface area (Å²) in [5.74, 6) is 1.12. The lowest BCUT2D eigenvalue weighted by Gasteiger charge is -2.13. The third-order valence-corrected chi connectivity index (χ3v) is 2.75. The standard InChI is InChI=1S/C13H14ClN3/c1-10(11-5-3-2-4-6-11)7-16-13-9-15-8-12(14)17-13/h2-6,8-10H,7H2,1H3,(H,16,17). The molecule has 0 aliphatic rings. The lowest BCUT2D eigenvalue weighted by Crippen LogP contribution is -2.10. The highest BCUT2D eigenvalue weighted by atomic mass is 35.5. The molecule has 88 valence electrons. The van der Waals surface area contributed by atoms with Crippen molar-refractivity contribution in [3.8, 4) is 0 Å². The van der Waals surface area contributed by atoms with E-state index in [1.165, 1.54) is 11.8 Å². The van der Waals surface area contributed by atoms with Crippen LogP contribution in [0.4, 0.5) is 5.82 Å².